The first-order chi connectivity index (χ1) is 23.7. The number of anilines is 1. The number of rotatable bonds is 10. The smallest absolute Gasteiger partial charge is 0.257 e. The Hall–Kier alpha value is -4.60. The minimum Gasteiger partial charge on any atom is -0.364 e. The molecule has 9 heteroatoms. The molecule has 3 aromatic carbocycles. The maximum Gasteiger partial charge on any atom is 0.257 e. The van der Waals surface area contributed by atoms with Crippen molar-refractivity contribution in [2.24, 2.45) is 5.73 Å². The molecule has 3 heterocycles. The van der Waals surface area contributed by atoms with E-state index in [1.54, 1.807) is 0 Å². The van der Waals surface area contributed by atoms with Crippen LogP contribution >= 0.6 is 0 Å². The average molecular weight is 660 g/mol. The number of carbonyl (C=O) groups excluding carboxylic acids is 2. The van der Waals surface area contributed by atoms with Gasteiger partial charge in [0, 0.05) is 56.5 Å². The van der Waals surface area contributed by atoms with Crippen LogP contribution in [-0.2, 0) is 17.9 Å². The summed E-state index contributed by atoms with van der Waals surface area (Å²) in [5.74, 6) is -0.133. The lowest BCUT2D eigenvalue weighted by atomic mass is 9.85. The molecule has 0 saturated carbocycles. The third kappa shape index (κ3) is 8.00. The van der Waals surface area contributed by atoms with Gasteiger partial charge in [-0.2, -0.15) is 0 Å². The Labute approximate surface area is 290 Å². The Bertz CT molecular complexity index is 1680. The van der Waals surface area contributed by atoms with Crippen LogP contribution < -0.4 is 16.0 Å². The molecule has 0 radical (unpaired) electrons. The largest absolute Gasteiger partial charge is 0.364 e. The lowest BCUT2D eigenvalue weighted by Gasteiger charge is -2.50. The topological polar surface area (TPSA) is 108 Å². The number of nitrogens with one attached hydrogen (secondary N) is 1. The summed E-state index contributed by atoms with van der Waals surface area (Å²) in [6.07, 6.45) is 5.58. The lowest BCUT2D eigenvalue weighted by molar-refractivity contribution is -0.122. The first-order valence-corrected chi connectivity index (χ1v) is 17.5. The van der Waals surface area contributed by atoms with E-state index in [0.717, 1.165) is 80.9 Å². The zero-order valence-electron chi connectivity index (χ0n) is 29.0. The number of benzene rings is 3. The molecule has 2 aliphatic rings. The van der Waals surface area contributed by atoms with Gasteiger partial charge in [-0.05, 0) is 75.3 Å². The molecular weight excluding hydrogens is 610 g/mol. The number of likely N-dealkylation sites (tertiary alicyclic amines) is 2. The maximum absolute atomic E-state index is 13.4. The van der Waals surface area contributed by atoms with Crippen LogP contribution in [0.1, 0.15) is 77.1 Å². The summed E-state index contributed by atoms with van der Waals surface area (Å²) in [5.41, 5.74) is 12.7. The molecule has 49 heavy (non-hydrogen) atoms. The van der Waals surface area contributed by atoms with E-state index in [1.165, 1.54) is 17.6 Å². The molecule has 4 aromatic rings. The van der Waals surface area contributed by atoms with Crippen LogP contribution in [0.25, 0.3) is 0 Å². The van der Waals surface area contributed by atoms with Crippen molar-refractivity contribution < 1.29 is 9.59 Å². The van der Waals surface area contributed by atoms with Crippen LogP contribution in [0.4, 0.5) is 5.69 Å². The summed E-state index contributed by atoms with van der Waals surface area (Å²) < 4.78 is 0. The second-order valence-corrected chi connectivity index (χ2v) is 13.8. The number of nitrogens with zero attached hydrogens (tertiary/aromatic N) is 5. The number of aromatic nitrogens is 2. The highest BCUT2D eigenvalue weighted by Gasteiger charge is 2.39. The van der Waals surface area contributed by atoms with Crippen molar-refractivity contribution in [1.29, 1.82) is 0 Å². The van der Waals surface area contributed by atoms with Gasteiger partial charge in [0.25, 0.3) is 5.91 Å². The average Bonchev–Trinajstić information content (AvgIpc) is 3.14. The van der Waals surface area contributed by atoms with Gasteiger partial charge in [-0.3, -0.25) is 14.5 Å². The van der Waals surface area contributed by atoms with Gasteiger partial charge in [0.15, 0.2) is 0 Å². The Morgan fingerprint density at radius 2 is 1.45 bits per heavy atom. The third-order valence-electron chi connectivity index (χ3n) is 10.6. The summed E-state index contributed by atoms with van der Waals surface area (Å²) in [4.78, 5) is 41.9. The van der Waals surface area contributed by atoms with E-state index in [-0.39, 0.29) is 17.4 Å². The fourth-order valence-corrected chi connectivity index (χ4v) is 7.41. The van der Waals surface area contributed by atoms with Crippen LogP contribution in [0.2, 0.25) is 0 Å². The number of nitrogens with two attached hydrogens (primary N) is 1. The van der Waals surface area contributed by atoms with Crippen molar-refractivity contribution >= 4 is 17.5 Å². The van der Waals surface area contributed by atoms with Gasteiger partial charge < -0.3 is 20.9 Å². The minimum atomic E-state index is -0.692. The molecule has 0 aliphatic carbocycles. The van der Waals surface area contributed by atoms with Crippen molar-refractivity contribution in [3.8, 4) is 0 Å². The first-order valence-electron chi connectivity index (χ1n) is 17.5. The molecule has 6 rings (SSSR count). The molecule has 1 atom stereocenters. The summed E-state index contributed by atoms with van der Waals surface area (Å²) in [5, 5.41) is 3.00. The number of hydrogen-bond acceptors (Lipinski definition) is 7. The normalized spacial score (nSPS) is 17.3. The van der Waals surface area contributed by atoms with Crippen molar-refractivity contribution in [2.45, 2.75) is 77.2 Å². The molecule has 2 amide bonds. The summed E-state index contributed by atoms with van der Waals surface area (Å²) in [6, 6.07) is 28.4. The quantitative estimate of drug-likeness (QED) is 0.229. The Morgan fingerprint density at radius 3 is 2.06 bits per heavy atom. The molecule has 3 N–H and O–H groups in total. The number of piperidine rings is 2. The molecule has 0 spiro atoms. The molecule has 9 nitrogen and oxygen atoms in total. The van der Waals surface area contributed by atoms with Crippen LogP contribution in [0.5, 0.6) is 0 Å². The highest BCUT2D eigenvalue weighted by molar-refractivity contribution is 5.96. The van der Waals surface area contributed by atoms with Crippen LogP contribution in [0, 0.1) is 13.8 Å². The lowest BCUT2D eigenvalue weighted by Crippen LogP contribution is -2.58. The molecule has 0 unspecified atom stereocenters. The van der Waals surface area contributed by atoms with Gasteiger partial charge >= 0.3 is 0 Å². The van der Waals surface area contributed by atoms with Crippen molar-refractivity contribution in [2.75, 3.05) is 31.1 Å². The van der Waals surface area contributed by atoms with Gasteiger partial charge in [0.1, 0.15) is 12.4 Å². The maximum atomic E-state index is 13.4. The van der Waals surface area contributed by atoms with E-state index in [1.807, 2.05) is 49.1 Å². The van der Waals surface area contributed by atoms with Crippen LogP contribution in [-0.4, -0.2) is 69.3 Å². The van der Waals surface area contributed by atoms with Gasteiger partial charge in [-0.15, -0.1) is 0 Å². The Morgan fingerprint density at radius 1 is 0.857 bits per heavy atom. The van der Waals surface area contributed by atoms with E-state index in [4.69, 9.17) is 5.73 Å². The number of amides is 2. The zero-order valence-corrected chi connectivity index (χ0v) is 29.0. The summed E-state index contributed by atoms with van der Waals surface area (Å²) >= 11 is 0. The molecule has 2 aliphatic heterocycles. The van der Waals surface area contributed by atoms with Gasteiger partial charge in [0.05, 0.1) is 17.0 Å². The molecular formula is C40H49N7O2. The highest BCUT2D eigenvalue weighted by Crippen LogP contribution is 2.34. The second kappa shape index (κ2) is 15.3. The number of hydrogen-bond donors (Lipinski definition) is 2. The standard InChI is InChI=1S/C40H49N7O2/c1-29-36(30(2)44-28-43-29)39(49)45-24-20-40(3,21-25-45)46-22-18-35(19-23-46)47(27-32-10-6-4-7-11-32)34-16-14-31(15-17-34)26-42-38(48)37(41)33-12-8-5-9-13-33/h4-17,28,35,37H,18-27,41H2,1-3H3,(H,42,48)/t37-/m1/s1. The zero-order chi connectivity index (χ0) is 34.4. The fraction of sp³-hybridized carbons (Fsp3) is 0.400. The van der Waals surface area contributed by atoms with E-state index in [9.17, 15) is 9.59 Å². The summed E-state index contributed by atoms with van der Waals surface area (Å²) in [6.45, 7) is 11.0. The monoisotopic (exact) mass is 659 g/mol. The minimum absolute atomic E-state index is 0.0528. The molecule has 2 saturated heterocycles. The van der Waals surface area contributed by atoms with E-state index in [2.05, 4.69) is 86.6 Å². The van der Waals surface area contributed by atoms with Crippen LogP contribution in [0.15, 0.2) is 91.3 Å². The number of carbonyl (C=O) groups is 2. The SMILES string of the molecule is Cc1ncnc(C)c1C(=O)N1CCC(C)(N2CCC(N(Cc3ccccc3)c3ccc(CNC(=O)[C@H](N)c4ccccc4)cc3)CC2)CC1. The predicted molar refractivity (Wildman–Crippen MR) is 194 cm³/mol. The van der Waals surface area contributed by atoms with Gasteiger partial charge in [-0.25, -0.2) is 9.97 Å². The van der Waals surface area contributed by atoms with Crippen molar-refractivity contribution in [3.63, 3.8) is 0 Å². The Kier molecular flexibility index (Phi) is 10.7. The first kappa shape index (κ1) is 34.3. The van der Waals surface area contributed by atoms with Gasteiger partial charge in [0.2, 0.25) is 5.91 Å². The van der Waals surface area contributed by atoms with E-state index < -0.39 is 6.04 Å². The molecule has 256 valence electrons. The third-order valence-corrected chi connectivity index (χ3v) is 10.6. The van der Waals surface area contributed by atoms with E-state index in [0.29, 0.717) is 18.2 Å². The van der Waals surface area contributed by atoms with Crippen molar-refractivity contribution in [3.05, 3.63) is 125 Å². The number of aryl methyl sites for hydroxylation is 2. The van der Waals surface area contributed by atoms with Crippen LogP contribution in [0.3, 0.4) is 0 Å². The molecule has 1 aromatic heterocycles. The van der Waals surface area contributed by atoms with Gasteiger partial charge in [-0.1, -0.05) is 72.8 Å². The fourth-order valence-electron chi connectivity index (χ4n) is 7.41. The highest BCUT2D eigenvalue weighted by atomic mass is 16.2. The molecule has 2 fully saturated rings. The second-order valence-electron chi connectivity index (χ2n) is 13.8. The summed E-state index contributed by atoms with van der Waals surface area (Å²) in [7, 11) is 0. The van der Waals surface area contributed by atoms with Crippen molar-refractivity contribution in [1.82, 2.24) is 25.1 Å². The predicted octanol–water partition coefficient (Wildman–Crippen LogP) is 5.58. The molecule has 0 bridgehead atoms. The van der Waals surface area contributed by atoms with E-state index >= 15 is 0 Å². The Balaban J connectivity index is 1.07.